The maximum absolute atomic E-state index is 11.0. The summed E-state index contributed by atoms with van der Waals surface area (Å²) in [6.45, 7) is 20.4. The third-order valence-electron chi connectivity index (χ3n) is 3.14. The van der Waals surface area contributed by atoms with Crippen LogP contribution in [0.15, 0.2) is 11.6 Å². The first-order valence-electron chi connectivity index (χ1n) is 11.9. The summed E-state index contributed by atoms with van der Waals surface area (Å²) in [7, 11) is 1.00. The van der Waals surface area contributed by atoms with Crippen LogP contribution in [-0.2, 0) is 33.4 Å². The fraction of sp³-hybridized carbons (Fsp3) is 0.769. The first-order valence-corrected chi connectivity index (χ1v) is 11.9. The van der Waals surface area contributed by atoms with E-state index in [-0.39, 0.29) is 29.2 Å². The van der Waals surface area contributed by atoms with Gasteiger partial charge in [-0.3, -0.25) is 14.4 Å². The van der Waals surface area contributed by atoms with Crippen LogP contribution in [0.1, 0.15) is 89.0 Å². The molecule has 0 saturated carbocycles. The number of hydrogen-bond donors (Lipinski definition) is 3. The number of esters is 3. The fourth-order valence-electron chi connectivity index (χ4n) is 2.34. The number of ketones is 1. The Morgan fingerprint density at radius 1 is 0.861 bits per heavy atom. The molecule has 0 fully saturated rings. The zero-order chi connectivity index (χ0) is 29.9. The highest BCUT2D eigenvalue weighted by Gasteiger charge is 2.25. The van der Waals surface area contributed by atoms with Gasteiger partial charge in [-0.15, -0.1) is 0 Å². The van der Waals surface area contributed by atoms with Gasteiger partial charge in [0, 0.05) is 33.5 Å². The van der Waals surface area contributed by atoms with E-state index in [9.17, 15) is 19.2 Å². The van der Waals surface area contributed by atoms with Crippen LogP contribution in [0.3, 0.4) is 0 Å². The van der Waals surface area contributed by atoms with Crippen LogP contribution in [0.5, 0.6) is 0 Å². The van der Waals surface area contributed by atoms with Crippen molar-refractivity contribution < 1.29 is 48.7 Å². The molecule has 1 unspecified atom stereocenters. The average Bonchev–Trinajstić information content (AvgIpc) is 2.68. The lowest BCUT2D eigenvalue weighted by molar-refractivity contribution is -0.152. The highest BCUT2D eigenvalue weighted by Crippen LogP contribution is 2.32. The summed E-state index contributed by atoms with van der Waals surface area (Å²) in [4.78, 5) is 40.9. The number of ether oxygens (including phenoxy) is 3. The Bertz CT molecular complexity index is 575. The van der Waals surface area contributed by atoms with E-state index in [1.54, 1.807) is 40.7 Å². The van der Waals surface area contributed by atoms with Gasteiger partial charge in [-0.05, 0) is 66.4 Å². The van der Waals surface area contributed by atoms with E-state index in [4.69, 9.17) is 15.3 Å². The van der Waals surface area contributed by atoms with Crippen molar-refractivity contribution >= 4 is 23.7 Å². The Kier molecular flexibility index (Phi) is 35.2. The van der Waals surface area contributed by atoms with Crippen molar-refractivity contribution in [3.63, 3.8) is 0 Å². The lowest BCUT2D eigenvalue weighted by Gasteiger charge is -2.27. The van der Waals surface area contributed by atoms with Gasteiger partial charge < -0.3 is 29.5 Å². The molecule has 1 aliphatic carbocycles. The van der Waals surface area contributed by atoms with Gasteiger partial charge >= 0.3 is 17.9 Å². The van der Waals surface area contributed by atoms with Crippen molar-refractivity contribution in [2.75, 3.05) is 26.9 Å². The number of aliphatic hydroxyl groups excluding tert-OH is 3. The number of hydrogen-bond acceptors (Lipinski definition) is 10. The van der Waals surface area contributed by atoms with Gasteiger partial charge in [-0.25, -0.2) is 4.79 Å². The smallest absolute Gasteiger partial charge is 0.334 e. The standard InChI is InChI=1S/C9H14O.C5H10O3.2C4H8O2.C3H8O.CH4O/c1-7-4-8(10)6-9(2,3)5-7;1-3-8-5(7)4(2)6;2*1-3-6-4(2)5;1-3(2)4;1-2/h4H,5-6H2,1-3H3;4,6H,3H2,1-2H3;2*3H2,1-2H3;3-4H,1-2H3;2H,1H3. The Hall–Kier alpha value is -2.30. The Labute approximate surface area is 218 Å². The molecule has 3 N–H and O–H groups in total. The van der Waals surface area contributed by atoms with Crippen LogP contribution in [0.2, 0.25) is 0 Å². The summed E-state index contributed by atoms with van der Waals surface area (Å²) >= 11 is 0. The number of allylic oxidation sites excluding steroid dienone is 2. The molecule has 1 atom stereocenters. The molecule has 0 aromatic heterocycles. The van der Waals surface area contributed by atoms with Crippen molar-refractivity contribution in [1.29, 1.82) is 0 Å². The highest BCUT2D eigenvalue weighted by atomic mass is 16.5. The maximum atomic E-state index is 11.0. The Morgan fingerprint density at radius 3 is 1.33 bits per heavy atom. The van der Waals surface area contributed by atoms with E-state index in [0.29, 0.717) is 26.2 Å². The first-order chi connectivity index (χ1) is 16.4. The molecule has 216 valence electrons. The van der Waals surface area contributed by atoms with Crippen molar-refractivity contribution in [2.24, 2.45) is 5.41 Å². The molecule has 1 rings (SSSR count). The lowest BCUT2D eigenvalue weighted by atomic mass is 9.77. The molecule has 1 aliphatic rings. The third-order valence-corrected chi connectivity index (χ3v) is 3.14. The molecule has 0 spiro atoms. The molecule has 0 radical (unpaired) electrons. The molecule has 10 nitrogen and oxygen atoms in total. The zero-order valence-corrected chi connectivity index (χ0v) is 24.5. The molecule has 0 heterocycles. The molecular weight excluding hydrogens is 472 g/mol. The van der Waals surface area contributed by atoms with Gasteiger partial charge in [0.25, 0.3) is 0 Å². The molecule has 10 heteroatoms. The van der Waals surface area contributed by atoms with Gasteiger partial charge in [0.15, 0.2) is 5.78 Å². The monoisotopic (exact) mass is 524 g/mol. The van der Waals surface area contributed by atoms with Crippen LogP contribution in [0.4, 0.5) is 0 Å². The van der Waals surface area contributed by atoms with Crippen molar-refractivity contribution in [2.45, 2.75) is 101 Å². The Balaban J connectivity index is -0.000000113. The molecule has 0 aromatic rings. The second-order valence-electron chi connectivity index (χ2n) is 8.35. The zero-order valence-electron chi connectivity index (χ0n) is 24.5. The molecule has 0 amide bonds. The first kappa shape index (κ1) is 43.7. The average molecular weight is 525 g/mol. The number of carbonyl (C=O) groups excluding carboxylic acids is 4. The van der Waals surface area contributed by atoms with Crippen LogP contribution in [0, 0.1) is 5.41 Å². The predicted molar refractivity (Wildman–Crippen MR) is 140 cm³/mol. The largest absolute Gasteiger partial charge is 0.466 e. The second-order valence-corrected chi connectivity index (χ2v) is 8.35. The quantitative estimate of drug-likeness (QED) is 0.368. The van der Waals surface area contributed by atoms with E-state index < -0.39 is 12.1 Å². The molecular formula is C26H52O10. The van der Waals surface area contributed by atoms with Gasteiger partial charge in [-0.2, -0.15) is 0 Å². The summed E-state index contributed by atoms with van der Waals surface area (Å²) in [5, 5.41) is 23.5. The molecule has 0 aliphatic heterocycles. The minimum Gasteiger partial charge on any atom is -0.466 e. The molecule has 0 aromatic carbocycles. The van der Waals surface area contributed by atoms with Gasteiger partial charge in [0.05, 0.1) is 19.8 Å². The number of rotatable bonds is 4. The molecule has 0 saturated heterocycles. The SMILES string of the molecule is CC(C)O.CC1=CC(=O)CC(C)(C)C1.CCOC(=O)C(C)O.CCOC(C)=O.CCOC(C)=O.CO. The van der Waals surface area contributed by atoms with Gasteiger partial charge in [-0.1, -0.05) is 19.4 Å². The van der Waals surface area contributed by atoms with E-state index in [1.807, 2.05) is 6.92 Å². The Morgan fingerprint density at radius 2 is 1.19 bits per heavy atom. The summed E-state index contributed by atoms with van der Waals surface area (Å²) in [5.41, 5.74) is 1.43. The molecule has 36 heavy (non-hydrogen) atoms. The van der Waals surface area contributed by atoms with Crippen LogP contribution >= 0.6 is 0 Å². The summed E-state index contributed by atoms with van der Waals surface area (Å²) in [5.74, 6) is -0.698. The fourth-order valence-corrected chi connectivity index (χ4v) is 2.34. The van der Waals surface area contributed by atoms with Crippen LogP contribution in [-0.4, -0.2) is 78.1 Å². The van der Waals surface area contributed by atoms with E-state index in [0.717, 1.165) is 13.5 Å². The lowest BCUT2D eigenvalue weighted by Crippen LogP contribution is -2.20. The van der Waals surface area contributed by atoms with E-state index in [1.165, 1.54) is 26.3 Å². The highest BCUT2D eigenvalue weighted by molar-refractivity contribution is 5.91. The van der Waals surface area contributed by atoms with E-state index >= 15 is 0 Å². The number of carbonyl (C=O) groups is 4. The predicted octanol–water partition coefficient (Wildman–Crippen LogP) is 3.39. The molecule has 0 bridgehead atoms. The second kappa shape index (κ2) is 28.9. The summed E-state index contributed by atoms with van der Waals surface area (Å²) < 4.78 is 13.2. The normalized spacial score (nSPS) is 13.3. The summed E-state index contributed by atoms with van der Waals surface area (Å²) in [6, 6.07) is 0. The van der Waals surface area contributed by atoms with Gasteiger partial charge in [0.1, 0.15) is 6.10 Å². The number of aliphatic hydroxyl groups is 3. The van der Waals surface area contributed by atoms with Crippen molar-refractivity contribution in [1.82, 2.24) is 0 Å². The van der Waals surface area contributed by atoms with Crippen LogP contribution in [0.25, 0.3) is 0 Å². The minimum absolute atomic E-state index is 0.167. The topological polar surface area (TPSA) is 157 Å². The van der Waals surface area contributed by atoms with Crippen molar-refractivity contribution in [3.05, 3.63) is 11.6 Å². The summed E-state index contributed by atoms with van der Waals surface area (Å²) in [6.07, 6.45) is 2.39. The third kappa shape index (κ3) is 49.0. The van der Waals surface area contributed by atoms with Crippen molar-refractivity contribution in [3.8, 4) is 0 Å². The maximum Gasteiger partial charge on any atom is 0.334 e. The van der Waals surface area contributed by atoms with E-state index in [2.05, 4.69) is 28.1 Å². The van der Waals surface area contributed by atoms with Gasteiger partial charge in [0.2, 0.25) is 0 Å². The van der Waals surface area contributed by atoms with Crippen LogP contribution < -0.4 is 0 Å². The minimum atomic E-state index is -0.991.